The second kappa shape index (κ2) is 4.19. The molecule has 0 aliphatic heterocycles. The summed E-state index contributed by atoms with van der Waals surface area (Å²) in [6.07, 6.45) is 0.267. The molecule has 0 N–H and O–H groups in total. The molecule has 0 aliphatic carbocycles. The van der Waals surface area contributed by atoms with Crippen molar-refractivity contribution >= 4 is 0 Å². The third kappa shape index (κ3) is 2.29. The van der Waals surface area contributed by atoms with E-state index in [-0.39, 0.29) is 17.5 Å². The lowest BCUT2D eigenvalue weighted by atomic mass is 10.0. The van der Waals surface area contributed by atoms with Gasteiger partial charge in [-0.2, -0.15) is 5.26 Å². The first-order valence-electron chi connectivity index (χ1n) is 4.21. The molecule has 0 fully saturated rings. The van der Waals surface area contributed by atoms with E-state index in [1.165, 1.54) is 0 Å². The lowest BCUT2D eigenvalue weighted by molar-refractivity contribution is 0.555. The van der Waals surface area contributed by atoms with Gasteiger partial charge in [0.25, 0.3) is 0 Å². The monoisotopic (exact) mass is 194 g/mol. The minimum Gasteiger partial charge on any atom is -0.207 e. The molecule has 1 rings (SSSR count). The average Bonchev–Trinajstić information content (AvgIpc) is 2.10. The Labute approximate surface area is 82.0 Å². The maximum absolute atomic E-state index is 13.3. The lowest BCUT2D eigenvalue weighted by Crippen LogP contribution is -2.00. The Morgan fingerprint density at radius 2 is 1.79 bits per heavy atom. The van der Waals surface area contributed by atoms with Crippen LogP contribution in [0.5, 0.6) is 0 Å². The highest BCUT2D eigenvalue weighted by atomic mass is 19.1. The molecule has 1 aromatic carbocycles. The Kier molecular flexibility index (Phi) is 3.19. The third-order valence-corrected chi connectivity index (χ3v) is 1.80. The molecule has 0 heterocycles. The van der Waals surface area contributed by atoms with E-state index in [9.17, 15) is 8.78 Å². The molecule has 14 heavy (non-hydrogen) atoms. The molecule has 0 saturated carbocycles. The zero-order valence-electron chi connectivity index (χ0n) is 8.06. The van der Waals surface area contributed by atoms with E-state index in [0.717, 1.165) is 18.1 Å². The van der Waals surface area contributed by atoms with Crippen LogP contribution in [0.3, 0.4) is 0 Å². The summed E-state index contributed by atoms with van der Waals surface area (Å²) >= 11 is 0. The van der Waals surface area contributed by atoms with E-state index in [4.69, 9.17) is 5.26 Å². The van der Waals surface area contributed by atoms with E-state index in [1.54, 1.807) is 19.9 Å². The molecule has 1 nitrogen and oxygen atoms in total. The fourth-order valence-electron chi connectivity index (χ4n) is 1.19. The number of hydrogen-bond donors (Lipinski definition) is 0. The van der Waals surface area contributed by atoms with Crippen molar-refractivity contribution < 1.29 is 8.78 Å². The van der Waals surface area contributed by atoms with Crippen molar-refractivity contribution in [1.82, 2.24) is 0 Å². The molecule has 0 unspecified atom stereocenters. The summed E-state index contributed by atoms with van der Waals surface area (Å²) < 4.78 is 26.5. The van der Waals surface area contributed by atoms with Crippen molar-refractivity contribution in [1.29, 1.82) is 5.26 Å². The second-order valence-electron chi connectivity index (χ2n) is 3.41. The summed E-state index contributed by atoms with van der Waals surface area (Å²) in [5, 5.41) is 8.47. The van der Waals surface area contributed by atoms with Crippen LogP contribution in [0, 0.1) is 28.9 Å². The lowest BCUT2D eigenvalue weighted by Gasteiger charge is -2.07. The van der Waals surface area contributed by atoms with Gasteiger partial charge >= 0.3 is 0 Å². The minimum absolute atomic E-state index is 0.0116. The normalized spacial score (nSPS) is 10.3. The van der Waals surface area contributed by atoms with Crippen LogP contribution in [0.25, 0.3) is 0 Å². The Bertz CT molecular complexity index is 354. The molecule has 0 aromatic heterocycles. The molecule has 0 atom stereocenters. The number of nitriles is 1. The number of nitrogens with zero attached hydrogens (tertiary/aromatic N) is 1. The summed E-state index contributed by atoms with van der Waals surface area (Å²) in [6.45, 7) is 3.61. The van der Waals surface area contributed by atoms with E-state index in [0.29, 0.717) is 0 Å². The molecule has 0 bridgehead atoms. The highest BCUT2D eigenvalue weighted by molar-refractivity contribution is 5.35. The van der Waals surface area contributed by atoms with Gasteiger partial charge in [0.2, 0.25) is 0 Å². The number of rotatable bonds is 2. The first-order chi connectivity index (χ1) is 6.54. The first kappa shape index (κ1) is 10.6. The summed E-state index contributed by atoms with van der Waals surface area (Å²) in [5.41, 5.74) is 0.0431. The predicted octanol–water partition coefficient (Wildman–Crippen LogP) is 2.99. The Morgan fingerprint density at radius 1 is 1.29 bits per heavy atom. The quantitative estimate of drug-likeness (QED) is 0.710. The smallest absolute Gasteiger partial charge is 0.130 e. The molecule has 0 amide bonds. The van der Waals surface area contributed by atoms with Gasteiger partial charge in [-0.05, 0) is 24.5 Å². The van der Waals surface area contributed by atoms with Gasteiger partial charge in [-0.1, -0.05) is 13.8 Å². The van der Waals surface area contributed by atoms with Crippen molar-refractivity contribution in [3.63, 3.8) is 0 Å². The molecular formula is C11H10F2N. The van der Waals surface area contributed by atoms with E-state index in [1.807, 2.05) is 0 Å². The second-order valence-corrected chi connectivity index (χ2v) is 3.41. The largest absolute Gasteiger partial charge is 0.207 e. The van der Waals surface area contributed by atoms with E-state index in [2.05, 4.69) is 0 Å². The van der Waals surface area contributed by atoms with Gasteiger partial charge in [-0.25, -0.2) is 8.78 Å². The molecule has 0 spiro atoms. The predicted molar refractivity (Wildman–Crippen MR) is 49.4 cm³/mol. The molecule has 0 aliphatic rings. The number of hydrogen-bond acceptors (Lipinski definition) is 1. The van der Waals surface area contributed by atoms with Gasteiger partial charge in [-0.15, -0.1) is 0 Å². The standard InChI is InChI=1S/C11H10F2N/c1-7(2)3-9-10(12)4-8(6-14)5-11(9)13/h4-5H,3H2,1-2H3. The van der Waals surface area contributed by atoms with Gasteiger partial charge in [-0.3, -0.25) is 0 Å². The molecule has 1 aromatic rings. The van der Waals surface area contributed by atoms with Crippen LogP contribution in [-0.4, -0.2) is 0 Å². The highest BCUT2D eigenvalue weighted by Crippen LogP contribution is 2.19. The van der Waals surface area contributed by atoms with Gasteiger partial charge < -0.3 is 0 Å². The fraction of sp³-hybridized carbons (Fsp3) is 0.273. The molecule has 73 valence electrons. The van der Waals surface area contributed by atoms with Gasteiger partial charge in [0.1, 0.15) is 11.6 Å². The SMILES string of the molecule is C[C](C)Cc1c(F)cc(C#N)cc1F. The molecular weight excluding hydrogens is 184 g/mol. The topological polar surface area (TPSA) is 23.8 Å². The number of halogens is 2. The number of benzene rings is 1. The van der Waals surface area contributed by atoms with Crippen molar-refractivity contribution in [3.8, 4) is 6.07 Å². The van der Waals surface area contributed by atoms with Crippen LogP contribution in [0.2, 0.25) is 0 Å². The maximum atomic E-state index is 13.3. The Morgan fingerprint density at radius 3 is 2.14 bits per heavy atom. The van der Waals surface area contributed by atoms with Crippen molar-refractivity contribution in [3.05, 3.63) is 40.8 Å². The molecule has 1 radical (unpaired) electrons. The van der Waals surface area contributed by atoms with Crippen LogP contribution < -0.4 is 0 Å². The molecule has 0 saturated heterocycles. The van der Waals surface area contributed by atoms with Crippen molar-refractivity contribution in [2.24, 2.45) is 0 Å². The maximum Gasteiger partial charge on any atom is 0.130 e. The summed E-state index contributed by atoms with van der Waals surface area (Å²) in [6, 6.07) is 3.82. The average molecular weight is 194 g/mol. The van der Waals surface area contributed by atoms with Crippen LogP contribution in [0.15, 0.2) is 12.1 Å². The van der Waals surface area contributed by atoms with Gasteiger partial charge in [0.15, 0.2) is 0 Å². The Balaban J connectivity index is 3.13. The van der Waals surface area contributed by atoms with Crippen LogP contribution in [-0.2, 0) is 6.42 Å². The first-order valence-corrected chi connectivity index (χ1v) is 4.21. The zero-order valence-corrected chi connectivity index (χ0v) is 8.06. The van der Waals surface area contributed by atoms with Gasteiger partial charge in [0.05, 0.1) is 11.6 Å². The minimum atomic E-state index is -0.650. The zero-order chi connectivity index (χ0) is 10.7. The summed E-state index contributed by atoms with van der Waals surface area (Å²) in [4.78, 5) is 0. The van der Waals surface area contributed by atoms with Crippen LogP contribution in [0.1, 0.15) is 25.0 Å². The Hall–Kier alpha value is -1.43. The highest BCUT2D eigenvalue weighted by Gasteiger charge is 2.12. The van der Waals surface area contributed by atoms with E-state index >= 15 is 0 Å². The van der Waals surface area contributed by atoms with Gasteiger partial charge in [0, 0.05) is 5.56 Å². The molecule has 3 heteroatoms. The summed E-state index contributed by atoms with van der Waals surface area (Å²) in [7, 11) is 0. The third-order valence-electron chi connectivity index (χ3n) is 1.80. The van der Waals surface area contributed by atoms with Crippen molar-refractivity contribution in [2.45, 2.75) is 20.3 Å². The van der Waals surface area contributed by atoms with Crippen molar-refractivity contribution in [2.75, 3.05) is 0 Å². The summed E-state index contributed by atoms with van der Waals surface area (Å²) in [5.74, 6) is -0.377. The van der Waals surface area contributed by atoms with Crippen LogP contribution >= 0.6 is 0 Å². The fourth-order valence-corrected chi connectivity index (χ4v) is 1.19. The van der Waals surface area contributed by atoms with E-state index < -0.39 is 11.6 Å². The van der Waals surface area contributed by atoms with Crippen LogP contribution in [0.4, 0.5) is 8.78 Å².